The van der Waals surface area contributed by atoms with Crippen LogP contribution in [0.25, 0.3) is 0 Å². The first kappa shape index (κ1) is 18.8. The number of nitrogens with one attached hydrogen (secondary N) is 1. The molecule has 6 nitrogen and oxygen atoms in total. The summed E-state index contributed by atoms with van der Waals surface area (Å²) in [4.78, 5) is 27.9. The van der Waals surface area contributed by atoms with E-state index < -0.39 is 0 Å². The van der Waals surface area contributed by atoms with Crippen molar-refractivity contribution in [1.29, 1.82) is 0 Å². The monoisotopic (exact) mass is 373 g/mol. The van der Waals surface area contributed by atoms with Crippen LogP contribution in [0.15, 0.2) is 23.8 Å². The molecule has 7 heteroatoms. The van der Waals surface area contributed by atoms with Crippen LogP contribution in [0, 0.1) is 5.92 Å². The lowest BCUT2D eigenvalue weighted by Crippen LogP contribution is -2.44. The first-order valence-electron chi connectivity index (χ1n) is 9.18. The van der Waals surface area contributed by atoms with Gasteiger partial charge in [0.2, 0.25) is 11.9 Å². The molecule has 3 rings (SSSR count). The van der Waals surface area contributed by atoms with Crippen molar-refractivity contribution in [3.8, 4) is 0 Å². The molecule has 1 aliphatic rings. The fourth-order valence-electron chi connectivity index (χ4n) is 3.03. The van der Waals surface area contributed by atoms with Crippen molar-refractivity contribution in [2.24, 2.45) is 5.92 Å². The second-order valence-electron chi connectivity index (χ2n) is 7.75. The predicted octanol–water partition coefficient (Wildman–Crippen LogP) is 2.81. The van der Waals surface area contributed by atoms with Gasteiger partial charge in [0.05, 0.1) is 16.6 Å². The molecule has 1 aliphatic heterocycles. The van der Waals surface area contributed by atoms with Gasteiger partial charge in [-0.15, -0.1) is 11.3 Å². The zero-order chi connectivity index (χ0) is 18.6. The van der Waals surface area contributed by atoms with E-state index in [4.69, 9.17) is 0 Å². The van der Waals surface area contributed by atoms with Crippen LogP contribution in [0.5, 0.6) is 0 Å². The first-order chi connectivity index (χ1) is 12.4. The molecule has 1 saturated heterocycles. The molecular weight excluding hydrogens is 346 g/mol. The Balaban J connectivity index is 1.48. The van der Waals surface area contributed by atoms with E-state index in [1.54, 1.807) is 29.8 Å². The third-order valence-corrected chi connectivity index (χ3v) is 5.49. The zero-order valence-corrected chi connectivity index (χ0v) is 16.6. The molecule has 1 unspecified atom stereocenters. The van der Waals surface area contributed by atoms with E-state index >= 15 is 0 Å². The van der Waals surface area contributed by atoms with Crippen LogP contribution in [0.4, 0.5) is 5.95 Å². The number of thiazole rings is 1. The summed E-state index contributed by atoms with van der Waals surface area (Å²) in [6.45, 7) is 8.72. The van der Waals surface area contributed by atoms with Crippen molar-refractivity contribution in [3.05, 3.63) is 34.5 Å². The Bertz CT molecular complexity index is 725. The average molecular weight is 374 g/mol. The normalized spacial score (nSPS) is 18.0. The van der Waals surface area contributed by atoms with Crippen molar-refractivity contribution in [2.45, 2.75) is 45.4 Å². The molecule has 3 heterocycles. The summed E-state index contributed by atoms with van der Waals surface area (Å²) < 4.78 is 0. The van der Waals surface area contributed by atoms with Gasteiger partial charge in [0.25, 0.3) is 0 Å². The van der Waals surface area contributed by atoms with Crippen LogP contribution < -0.4 is 10.2 Å². The minimum absolute atomic E-state index is 0.00557. The Morgan fingerprint density at radius 3 is 2.81 bits per heavy atom. The third kappa shape index (κ3) is 4.78. The summed E-state index contributed by atoms with van der Waals surface area (Å²) in [5.74, 6) is 0.828. The van der Waals surface area contributed by atoms with Gasteiger partial charge < -0.3 is 10.2 Å². The summed E-state index contributed by atoms with van der Waals surface area (Å²) in [6.07, 6.45) is 6.17. The fourth-order valence-corrected chi connectivity index (χ4v) is 4.06. The smallest absolute Gasteiger partial charge is 0.225 e. The van der Waals surface area contributed by atoms with Gasteiger partial charge in [-0.2, -0.15) is 0 Å². The fraction of sp³-hybridized carbons (Fsp3) is 0.579. The van der Waals surface area contributed by atoms with Gasteiger partial charge in [-0.25, -0.2) is 15.0 Å². The first-order valence-corrected chi connectivity index (χ1v) is 10.1. The number of anilines is 1. The number of piperidine rings is 1. The molecular formula is C19H27N5OS. The van der Waals surface area contributed by atoms with Gasteiger partial charge in [-0.3, -0.25) is 4.79 Å². The molecule has 0 aliphatic carbocycles. The molecule has 0 radical (unpaired) electrons. The van der Waals surface area contributed by atoms with Crippen LogP contribution >= 0.6 is 11.3 Å². The number of aromatic nitrogens is 3. The van der Waals surface area contributed by atoms with Crippen LogP contribution in [-0.4, -0.2) is 40.5 Å². The van der Waals surface area contributed by atoms with E-state index in [1.807, 2.05) is 0 Å². The maximum Gasteiger partial charge on any atom is 0.225 e. The Labute approximate surface area is 159 Å². The van der Waals surface area contributed by atoms with Crippen molar-refractivity contribution in [2.75, 3.05) is 24.5 Å². The SMILES string of the molecule is CC(C)(C)c1csc(CCNC(=O)C2CCCN(c3ncccn3)C2)n1. The summed E-state index contributed by atoms with van der Waals surface area (Å²) in [5.41, 5.74) is 1.19. The maximum atomic E-state index is 12.5. The molecule has 1 amide bonds. The summed E-state index contributed by atoms with van der Waals surface area (Å²) in [6, 6.07) is 1.81. The number of nitrogens with zero attached hydrogens (tertiary/aromatic N) is 4. The van der Waals surface area contributed by atoms with Crippen molar-refractivity contribution >= 4 is 23.2 Å². The highest BCUT2D eigenvalue weighted by atomic mass is 32.1. The average Bonchev–Trinajstić information content (AvgIpc) is 3.12. The van der Waals surface area contributed by atoms with Crippen LogP contribution in [0.2, 0.25) is 0 Å². The quantitative estimate of drug-likeness (QED) is 0.873. The molecule has 140 valence electrons. The van der Waals surface area contributed by atoms with Gasteiger partial charge in [0.1, 0.15) is 0 Å². The molecule has 1 N–H and O–H groups in total. The number of rotatable bonds is 5. The number of carbonyl (C=O) groups excluding carboxylic acids is 1. The summed E-state index contributed by atoms with van der Waals surface area (Å²) >= 11 is 1.67. The third-order valence-electron chi connectivity index (χ3n) is 4.59. The highest BCUT2D eigenvalue weighted by Gasteiger charge is 2.26. The highest BCUT2D eigenvalue weighted by molar-refractivity contribution is 7.09. The molecule has 2 aromatic heterocycles. The molecule has 1 fully saturated rings. The summed E-state index contributed by atoms with van der Waals surface area (Å²) in [5, 5.41) is 6.28. The topological polar surface area (TPSA) is 71.0 Å². The van der Waals surface area contributed by atoms with E-state index in [1.165, 1.54) is 0 Å². The van der Waals surface area contributed by atoms with E-state index in [2.05, 4.69) is 51.3 Å². The maximum absolute atomic E-state index is 12.5. The number of hydrogen-bond acceptors (Lipinski definition) is 6. The van der Waals surface area contributed by atoms with Gasteiger partial charge in [0, 0.05) is 49.2 Å². The molecule has 0 saturated carbocycles. The van der Waals surface area contributed by atoms with Crippen molar-refractivity contribution in [3.63, 3.8) is 0 Å². The van der Waals surface area contributed by atoms with Gasteiger partial charge in [-0.05, 0) is 18.9 Å². The van der Waals surface area contributed by atoms with E-state index in [-0.39, 0.29) is 17.2 Å². The lowest BCUT2D eigenvalue weighted by atomic mass is 9.93. The van der Waals surface area contributed by atoms with Crippen molar-refractivity contribution < 1.29 is 4.79 Å². The summed E-state index contributed by atoms with van der Waals surface area (Å²) in [7, 11) is 0. The van der Waals surface area contributed by atoms with E-state index in [9.17, 15) is 4.79 Å². The molecule has 1 atom stereocenters. The van der Waals surface area contributed by atoms with Gasteiger partial charge in [0.15, 0.2) is 0 Å². The Kier molecular flexibility index (Phi) is 5.86. The van der Waals surface area contributed by atoms with E-state index in [0.29, 0.717) is 19.0 Å². The second kappa shape index (κ2) is 8.12. The molecule has 0 bridgehead atoms. The Morgan fingerprint density at radius 1 is 1.35 bits per heavy atom. The van der Waals surface area contributed by atoms with Crippen LogP contribution in [0.3, 0.4) is 0 Å². The molecule has 26 heavy (non-hydrogen) atoms. The number of carbonyl (C=O) groups is 1. The van der Waals surface area contributed by atoms with Gasteiger partial charge in [-0.1, -0.05) is 20.8 Å². The van der Waals surface area contributed by atoms with Crippen molar-refractivity contribution in [1.82, 2.24) is 20.3 Å². The molecule has 0 aromatic carbocycles. The highest BCUT2D eigenvalue weighted by Crippen LogP contribution is 2.24. The Morgan fingerprint density at radius 2 is 2.12 bits per heavy atom. The largest absolute Gasteiger partial charge is 0.355 e. The predicted molar refractivity (Wildman–Crippen MR) is 104 cm³/mol. The number of hydrogen-bond donors (Lipinski definition) is 1. The zero-order valence-electron chi connectivity index (χ0n) is 15.7. The lowest BCUT2D eigenvalue weighted by molar-refractivity contribution is -0.125. The Hall–Kier alpha value is -2.02. The van der Waals surface area contributed by atoms with Gasteiger partial charge >= 0.3 is 0 Å². The second-order valence-corrected chi connectivity index (χ2v) is 8.69. The number of amides is 1. The minimum Gasteiger partial charge on any atom is -0.355 e. The standard InChI is InChI=1S/C19H27N5OS/c1-19(2,3)15-13-26-16(23-15)7-10-20-17(25)14-6-4-11-24(12-14)18-21-8-5-9-22-18/h5,8-9,13-14H,4,6-7,10-12H2,1-3H3,(H,20,25). The molecule has 0 spiro atoms. The van der Waals surface area contributed by atoms with Crippen LogP contribution in [0.1, 0.15) is 44.3 Å². The minimum atomic E-state index is -0.00557. The van der Waals surface area contributed by atoms with Crippen LogP contribution in [-0.2, 0) is 16.6 Å². The van der Waals surface area contributed by atoms with E-state index in [0.717, 1.165) is 36.5 Å². The lowest BCUT2D eigenvalue weighted by Gasteiger charge is -2.31. The molecule has 2 aromatic rings.